The number of piperazine rings is 1. The maximum Gasteiger partial charge on any atom is 0.407 e. The van der Waals surface area contributed by atoms with Crippen LogP contribution in [0.15, 0.2) is 91.0 Å². The molecule has 2 aliphatic heterocycles. The summed E-state index contributed by atoms with van der Waals surface area (Å²) in [6, 6.07) is 30.5. The standard InChI is InChI=1S/C39H44N6O4/c1-28-24-45(39(46)47)19-18-31(28)25-43-20-22-44(23-21-43)34-15-9-14-32-36(41-42(2)37(32)34)33-16-17-35(48-26-29-10-5-3-6-11-29)40-38(33)49-27-30-12-7-4-8-13-30/h3-17,28,31H,18-27H2,1-2H3,(H,46,47)/t28-,31-/m0/s1. The van der Waals surface area contributed by atoms with Crippen LogP contribution >= 0.6 is 0 Å². The number of carboxylic acid groups (broad SMARTS) is 1. The van der Waals surface area contributed by atoms with Crippen molar-refractivity contribution in [3.63, 3.8) is 0 Å². The van der Waals surface area contributed by atoms with Gasteiger partial charge >= 0.3 is 6.09 Å². The number of aromatic nitrogens is 3. The summed E-state index contributed by atoms with van der Waals surface area (Å²) >= 11 is 0. The number of carbonyl (C=O) groups is 1. The molecule has 5 aromatic rings. The summed E-state index contributed by atoms with van der Waals surface area (Å²) in [5, 5.41) is 15.5. The van der Waals surface area contributed by atoms with Crippen LogP contribution in [0, 0.1) is 11.8 Å². The Morgan fingerprint density at radius 3 is 2.20 bits per heavy atom. The fourth-order valence-electron chi connectivity index (χ4n) is 7.16. The first-order chi connectivity index (χ1) is 23.9. The molecule has 2 fully saturated rings. The van der Waals surface area contributed by atoms with Gasteiger partial charge in [-0.1, -0.05) is 79.7 Å². The Morgan fingerprint density at radius 1 is 0.837 bits per heavy atom. The second-order valence-corrected chi connectivity index (χ2v) is 13.2. The second-order valence-electron chi connectivity index (χ2n) is 13.2. The highest BCUT2D eigenvalue weighted by Crippen LogP contribution is 2.38. The topological polar surface area (TPSA) is 96.2 Å². The van der Waals surface area contributed by atoms with Gasteiger partial charge in [-0.3, -0.25) is 9.58 Å². The molecule has 1 amide bonds. The molecule has 0 bridgehead atoms. The molecule has 0 aliphatic carbocycles. The number of rotatable bonds is 10. The average molecular weight is 661 g/mol. The molecule has 10 heteroatoms. The van der Waals surface area contributed by atoms with Gasteiger partial charge in [0.25, 0.3) is 0 Å². The molecule has 0 radical (unpaired) electrons. The number of hydrogen-bond donors (Lipinski definition) is 1. The van der Waals surface area contributed by atoms with E-state index in [2.05, 4.69) is 34.9 Å². The van der Waals surface area contributed by atoms with Crippen molar-refractivity contribution in [1.82, 2.24) is 24.6 Å². The summed E-state index contributed by atoms with van der Waals surface area (Å²) in [7, 11) is 2.01. The quantitative estimate of drug-likeness (QED) is 0.180. The molecule has 2 aliphatic rings. The van der Waals surface area contributed by atoms with E-state index >= 15 is 0 Å². The van der Waals surface area contributed by atoms with Crippen LogP contribution in [0.4, 0.5) is 10.5 Å². The van der Waals surface area contributed by atoms with Crippen molar-refractivity contribution in [3.8, 4) is 23.0 Å². The number of nitrogens with zero attached hydrogens (tertiary/aromatic N) is 6. The third kappa shape index (κ3) is 7.34. The Bertz CT molecular complexity index is 1870. The van der Waals surface area contributed by atoms with Crippen LogP contribution in [0.25, 0.3) is 22.2 Å². The smallest absolute Gasteiger partial charge is 0.407 e. The summed E-state index contributed by atoms with van der Waals surface area (Å²) in [5.41, 5.74) is 6.02. The Morgan fingerprint density at radius 2 is 1.53 bits per heavy atom. The number of benzene rings is 3. The fourth-order valence-corrected chi connectivity index (χ4v) is 7.16. The number of fused-ring (bicyclic) bond motifs is 1. The molecule has 2 saturated heterocycles. The predicted octanol–water partition coefficient (Wildman–Crippen LogP) is 6.55. The lowest BCUT2D eigenvalue weighted by Crippen LogP contribution is -2.51. The van der Waals surface area contributed by atoms with Crippen molar-refractivity contribution in [1.29, 1.82) is 0 Å². The molecule has 1 N–H and O–H groups in total. The van der Waals surface area contributed by atoms with Crippen LogP contribution in [-0.4, -0.2) is 81.6 Å². The van der Waals surface area contributed by atoms with E-state index in [1.54, 1.807) is 4.90 Å². The van der Waals surface area contributed by atoms with Gasteiger partial charge in [-0.2, -0.15) is 10.1 Å². The fraction of sp³-hybridized carbons (Fsp3) is 0.359. The van der Waals surface area contributed by atoms with E-state index in [1.807, 2.05) is 84.5 Å². The van der Waals surface area contributed by atoms with Crippen LogP contribution in [0.5, 0.6) is 11.8 Å². The van der Waals surface area contributed by atoms with Gasteiger partial charge in [0.2, 0.25) is 11.8 Å². The van der Waals surface area contributed by atoms with Crippen molar-refractivity contribution in [3.05, 3.63) is 102 Å². The molecule has 0 saturated carbocycles. The molecule has 10 nitrogen and oxygen atoms in total. The number of piperidine rings is 1. The van der Waals surface area contributed by atoms with Crippen LogP contribution in [0.1, 0.15) is 24.5 Å². The molecule has 2 aromatic heterocycles. The number of aryl methyl sites for hydroxylation is 1. The van der Waals surface area contributed by atoms with E-state index in [0.717, 1.165) is 72.4 Å². The number of ether oxygens (including phenoxy) is 2. The van der Waals surface area contributed by atoms with E-state index in [4.69, 9.17) is 19.6 Å². The van der Waals surface area contributed by atoms with Crippen molar-refractivity contribution in [2.45, 2.75) is 26.6 Å². The highest BCUT2D eigenvalue weighted by molar-refractivity contribution is 6.01. The highest BCUT2D eigenvalue weighted by Gasteiger charge is 2.31. The molecule has 0 unspecified atom stereocenters. The summed E-state index contributed by atoms with van der Waals surface area (Å²) in [6.07, 6.45) is 0.125. The molecule has 0 spiro atoms. The summed E-state index contributed by atoms with van der Waals surface area (Å²) in [6.45, 7) is 9.04. The van der Waals surface area contributed by atoms with Crippen molar-refractivity contribution < 1.29 is 19.4 Å². The van der Waals surface area contributed by atoms with Gasteiger partial charge in [0.05, 0.1) is 16.8 Å². The number of para-hydroxylation sites is 1. The van der Waals surface area contributed by atoms with E-state index in [9.17, 15) is 9.90 Å². The molecular formula is C39H44N6O4. The maximum atomic E-state index is 11.4. The number of hydrogen-bond acceptors (Lipinski definition) is 7. The van der Waals surface area contributed by atoms with E-state index in [0.29, 0.717) is 49.9 Å². The van der Waals surface area contributed by atoms with E-state index in [1.165, 1.54) is 5.69 Å². The van der Waals surface area contributed by atoms with Crippen molar-refractivity contribution in [2.24, 2.45) is 18.9 Å². The summed E-state index contributed by atoms with van der Waals surface area (Å²) in [5.74, 6) is 1.87. The van der Waals surface area contributed by atoms with Gasteiger partial charge in [0.15, 0.2) is 0 Å². The molecule has 254 valence electrons. The van der Waals surface area contributed by atoms with Crippen LogP contribution in [0.3, 0.4) is 0 Å². The third-order valence-electron chi connectivity index (χ3n) is 9.94. The summed E-state index contributed by atoms with van der Waals surface area (Å²) < 4.78 is 14.5. The number of likely N-dealkylation sites (tertiary alicyclic amines) is 1. The first-order valence-electron chi connectivity index (χ1n) is 17.2. The average Bonchev–Trinajstić information content (AvgIpc) is 3.48. The van der Waals surface area contributed by atoms with Gasteiger partial charge < -0.3 is 24.4 Å². The molecular weight excluding hydrogens is 616 g/mol. The van der Waals surface area contributed by atoms with Crippen molar-refractivity contribution >= 4 is 22.7 Å². The van der Waals surface area contributed by atoms with Gasteiger partial charge in [-0.15, -0.1) is 0 Å². The zero-order valence-corrected chi connectivity index (χ0v) is 28.2. The van der Waals surface area contributed by atoms with Crippen LogP contribution < -0.4 is 14.4 Å². The summed E-state index contributed by atoms with van der Waals surface area (Å²) in [4.78, 5) is 22.9. The minimum absolute atomic E-state index is 0.366. The number of amides is 1. The monoisotopic (exact) mass is 660 g/mol. The Kier molecular flexibility index (Phi) is 9.65. The van der Waals surface area contributed by atoms with Crippen molar-refractivity contribution in [2.75, 3.05) is 50.7 Å². The Balaban J connectivity index is 1.10. The Hall–Kier alpha value is -5.09. The normalized spacial score (nSPS) is 18.5. The van der Waals surface area contributed by atoms with Gasteiger partial charge in [0.1, 0.15) is 18.9 Å². The van der Waals surface area contributed by atoms with Gasteiger partial charge in [-0.25, -0.2) is 4.79 Å². The Labute approximate surface area is 287 Å². The van der Waals surface area contributed by atoms with E-state index in [-0.39, 0.29) is 0 Å². The number of anilines is 1. The largest absolute Gasteiger partial charge is 0.473 e. The lowest BCUT2D eigenvalue weighted by molar-refractivity contribution is 0.0836. The van der Waals surface area contributed by atoms with Crippen LogP contribution in [-0.2, 0) is 20.3 Å². The molecule has 4 heterocycles. The van der Waals surface area contributed by atoms with Gasteiger partial charge in [-0.05, 0) is 41.5 Å². The lowest BCUT2D eigenvalue weighted by atomic mass is 9.86. The minimum atomic E-state index is -0.802. The first-order valence-corrected chi connectivity index (χ1v) is 17.2. The lowest BCUT2D eigenvalue weighted by Gasteiger charge is -2.41. The molecule has 2 atom stereocenters. The van der Waals surface area contributed by atoms with E-state index < -0.39 is 6.09 Å². The SMILES string of the molecule is C[C@H]1CN(C(=O)O)CC[C@H]1CN1CCN(c2cccc3c(-c4ccc(OCc5ccccc5)nc4OCc4ccccc4)nn(C)c23)CC1. The molecule has 3 aromatic carbocycles. The second kappa shape index (κ2) is 14.6. The third-order valence-corrected chi connectivity index (χ3v) is 9.94. The zero-order chi connectivity index (χ0) is 33.7. The molecule has 7 rings (SSSR count). The van der Waals surface area contributed by atoms with Crippen LogP contribution in [0.2, 0.25) is 0 Å². The zero-order valence-electron chi connectivity index (χ0n) is 28.2. The highest BCUT2D eigenvalue weighted by atomic mass is 16.5. The number of pyridine rings is 1. The predicted molar refractivity (Wildman–Crippen MR) is 191 cm³/mol. The van der Waals surface area contributed by atoms with Gasteiger partial charge in [0, 0.05) is 64.3 Å². The minimum Gasteiger partial charge on any atom is -0.473 e. The molecule has 49 heavy (non-hydrogen) atoms. The first kappa shape index (κ1) is 32.5. The maximum absolute atomic E-state index is 11.4.